The zero-order chi connectivity index (χ0) is 21.0. The molecule has 0 unspecified atom stereocenters. The number of amides is 1. The molecule has 0 spiro atoms. The van der Waals surface area contributed by atoms with Crippen LogP contribution in [0.2, 0.25) is 5.02 Å². The van der Waals surface area contributed by atoms with Gasteiger partial charge in [0.25, 0.3) is 5.91 Å². The number of halogens is 1. The summed E-state index contributed by atoms with van der Waals surface area (Å²) in [6.07, 6.45) is 0. The molecule has 1 heterocycles. The number of nitrogens with zero attached hydrogens (tertiary/aromatic N) is 1. The zero-order valence-corrected chi connectivity index (χ0v) is 17.8. The summed E-state index contributed by atoms with van der Waals surface area (Å²) in [6.45, 7) is 0.234. The molecule has 0 radical (unpaired) electrons. The van der Waals surface area contributed by atoms with E-state index in [-0.39, 0.29) is 35.6 Å². The summed E-state index contributed by atoms with van der Waals surface area (Å²) in [5.74, 6) is -0.858. The molecule has 0 aromatic heterocycles. The molecule has 0 fully saturated rings. The predicted molar refractivity (Wildman–Crippen MR) is 114 cm³/mol. The molecule has 0 saturated carbocycles. The van der Waals surface area contributed by atoms with Crippen LogP contribution in [0.15, 0.2) is 60.4 Å². The minimum atomic E-state index is -3.61. The lowest BCUT2D eigenvalue weighted by Crippen LogP contribution is -2.37. The number of likely N-dealkylation sites (N-methyl/N-ethyl adjacent to an activating group) is 1. The Morgan fingerprint density at radius 1 is 1.14 bits per heavy atom. The minimum absolute atomic E-state index is 0.0459. The van der Waals surface area contributed by atoms with E-state index in [2.05, 4.69) is 5.32 Å². The maximum Gasteiger partial charge on any atom is 0.287 e. The topological polar surface area (TPSA) is 75.7 Å². The van der Waals surface area contributed by atoms with Crippen molar-refractivity contribution in [2.24, 2.45) is 0 Å². The van der Waals surface area contributed by atoms with Gasteiger partial charge in [-0.05, 0) is 37.4 Å². The summed E-state index contributed by atoms with van der Waals surface area (Å²) in [6, 6.07) is 15.8. The molecular formula is C21H23ClN2O4S. The van der Waals surface area contributed by atoms with Crippen molar-refractivity contribution in [3.8, 4) is 0 Å². The molecule has 154 valence electrons. The summed E-state index contributed by atoms with van der Waals surface area (Å²) < 4.78 is 30.8. The average Bonchev–Trinajstić information content (AvgIpc) is 2.69. The van der Waals surface area contributed by atoms with E-state index in [9.17, 15) is 13.2 Å². The van der Waals surface area contributed by atoms with Gasteiger partial charge in [-0.1, -0.05) is 54.1 Å². The Morgan fingerprint density at radius 2 is 1.79 bits per heavy atom. The lowest BCUT2D eigenvalue weighted by Gasteiger charge is -2.26. The number of hydrogen-bond acceptors (Lipinski definition) is 5. The SMILES string of the molecule is CN(C)[C@H](CNC(=O)C1=C(c2ccccc2)S(=O)(=O)CCO1)c1ccc(Cl)cc1. The van der Waals surface area contributed by atoms with Crippen LogP contribution in [-0.4, -0.2) is 52.2 Å². The van der Waals surface area contributed by atoms with E-state index in [1.54, 1.807) is 42.5 Å². The molecule has 2 aromatic carbocycles. The van der Waals surface area contributed by atoms with E-state index in [4.69, 9.17) is 16.3 Å². The second kappa shape index (κ2) is 8.98. The van der Waals surface area contributed by atoms with Crippen LogP contribution in [0.4, 0.5) is 0 Å². The van der Waals surface area contributed by atoms with E-state index in [1.165, 1.54) is 0 Å². The molecule has 1 N–H and O–H groups in total. The highest BCUT2D eigenvalue weighted by Crippen LogP contribution is 2.30. The van der Waals surface area contributed by atoms with Gasteiger partial charge >= 0.3 is 0 Å². The molecular weight excluding hydrogens is 412 g/mol. The first kappa shape index (κ1) is 21.4. The van der Waals surface area contributed by atoms with Gasteiger partial charge in [0.1, 0.15) is 11.5 Å². The van der Waals surface area contributed by atoms with Gasteiger partial charge in [-0.15, -0.1) is 0 Å². The summed E-state index contributed by atoms with van der Waals surface area (Å²) >= 11 is 5.96. The first-order valence-electron chi connectivity index (χ1n) is 9.15. The number of benzene rings is 2. The van der Waals surface area contributed by atoms with Crippen molar-refractivity contribution in [2.45, 2.75) is 6.04 Å². The Morgan fingerprint density at radius 3 is 2.41 bits per heavy atom. The Kier molecular flexibility index (Phi) is 6.62. The zero-order valence-electron chi connectivity index (χ0n) is 16.3. The average molecular weight is 435 g/mol. The van der Waals surface area contributed by atoms with Crippen LogP contribution in [0.25, 0.3) is 4.91 Å². The van der Waals surface area contributed by atoms with Crippen molar-refractivity contribution >= 4 is 32.3 Å². The monoisotopic (exact) mass is 434 g/mol. The first-order valence-corrected chi connectivity index (χ1v) is 11.2. The Bertz CT molecular complexity index is 1000. The molecule has 1 aliphatic rings. The largest absolute Gasteiger partial charge is 0.486 e. The van der Waals surface area contributed by atoms with Crippen molar-refractivity contribution in [1.82, 2.24) is 10.2 Å². The van der Waals surface area contributed by atoms with Crippen LogP contribution in [0.1, 0.15) is 17.2 Å². The fourth-order valence-corrected chi connectivity index (χ4v) is 4.75. The summed E-state index contributed by atoms with van der Waals surface area (Å²) in [5.41, 5.74) is 1.42. The van der Waals surface area contributed by atoms with Gasteiger partial charge in [-0.3, -0.25) is 4.79 Å². The minimum Gasteiger partial charge on any atom is -0.486 e. The van der Waals surface area contributed by atoms with Gasteiger partial charge in [-0.2, -0.15) is 0 Å². The smallest absolute Gasteiger partial charge is 0.287 e. The normalized spacial score (nSPS) is 17.0. The van der Waals surface area contributed by atoms with E-state index in [0.29, 0.717) is 10.6 Å². The quantitative estimate of drug-likeness (QED) is 0.756. The number of carbonyl (C=O) groups excluding carboxylic acids is 1. The van der Waals surface area contributed by atoms with Crippen LogP contribution in [-0.2, 0) is 19.4 Å². The molecule has 6 nitrogen and oxygen atoms in total. The van der Waals surface area contributed by atoms with Crippen LogP contribution in [0.3, 0.4) is 0 Å². The lowest BCUT2D eigenvalue weighted by atomic mass is 10.1. The Hall–Kier alpha value is -2.35. The fraction of sp³-hybridized carbons (Fsp3) is 0.286. The molecule has 8 heteroatoms. The lowest BCUT2D eigenvalue weighted by molar-refractivity contribution is -0.121. The highest BCUT2D eigenvalue weighted by molar-refractivity contribution is 8.00. The fourth-order valence-electron chi connectivity index (χ4n) is 3.18. The molecule has 0 bridgehead atoms. The molecule has 3 rings (SSSR count). The van der Waals surface area contributed by atoms with Crippen molar-refractivity contribution in [2.75, 3.05) is 33.0 Å². The summed E-state index contributed by atoms with van der Waals surface area (Å²) in [5, 5.41) is 3.46. The first-order chi connectivity index (χ1) is 13.8. The van der Waals surface area contributed by atoms with Gasteiger partial charge in [0.05, 0.1) is 11.8 Å². The summed E-state index contributed by atoms with van der Waals surface area (Å²) in [7, 11) is 0.195. The van der Waals surface area contributed by atoms with Crippen molar-refractivity contribution in [3.05, 3.63) is 76.5 Å². The predicted octanol–water partition coefficient (Wildman–Crippen LogP) is 2.87. The second-order valence-electron chi connectivity index (χ2n) is 6.93. The highest BCUT2D eigenvalue weighted by Gasteiger charge is 2.33. The van der Waals surface area contributed by atoms with Crippen molar-refractivity contribution < 1.29 is 17.9 Å². The van der Waals surface area contributed by atoms with E-state index < -0.39 is 15.7 Å². The second-order valence-corrected chi connectivity index (χ2v) is 9.42. The van der Waals surface area contributed by atoms with E-state index in [0.717, 1.165) is 5.56 Å². The Labute approximate surface area is 176 Å². The van der Waals surface area contributed by atoms with Gasteiger partial charge in [0.2, 0.25) is 5.76 Å². The number of ether oxygens (including phenoxy) is 1. The third-order valence-electron chi connectivity index (χ3n) is 4.69. The van der Waals surface area contributed by atoms with Crippen LogP contribution < -0.4 is 5.32 Å². The molecule has 29 heavy (non-hydrogen) atoms. The van der Waals surface area contributed by atoms with Crippen LogP contribution >= 0.6 is 11.6 Å². The summed E-state index contributed by atoms with van der Waals surface area (Å²) in [4.78, 5) is 14.8. The molecule has 1 atom stereocenters. The number of hydrogen-bond donors (Lipinski definition) is 1. The number of sulfone groups is 1. The standard InChI is InChI=1S/C21H23ClN2O4S/c1-24(2)18(15-8-10-17(22)11-9-15)14-23-21(25)19-20(16-6-4-3-5-7-16)29(26,27)13-12-28-19/h3-11,18H,12-14H2,1-2H3,(H,23,25)/t18-/m1/s1. The maximum atomic E-state index is 12.9. The van der Waals surface area contributed by atoms with Gasteiger partial charge < -0.3 is 15.0 Å². The van der Waals surface area contributed by atoms with Gasteiger partial charge in [0, 0.05) is 11.6 Å². The highest BCUT2D eigenvalue weighted by atomic mass is 35.5. The van der Waals surface area contributed by atoms with Crippen molar-refractivity contribution in [1.29, 1.82) is 0 Å². The molecule has 0 saturated heterocycles. The number of nitrogens with one attached hydrogen (secondary N) is 1. The molecule has 2 aromatic rings. The van der Waals surface area contributed by atoms with E-state index >= 15 is 0 Å². The van der Waals surface area contributed by atoms with Crippen LogP contribution in [0, 0.1) is 0 Å². The number of carbonyl (C=O) groups is 1. The van der Waals surface area contributed by atoms with E-state index in [1.807, 2.05) is 31.1 Å². The maximum absolute atomic E-state index is 12.9. The van der Waals surface area contributed by atoms with Crippen molar-refractivity contribution in [3.63, 3.8) is 0 Å². The Balaban J connectivity index is 1.87. The molecule has 1 amide bonds. The third-order valence-corrected chi connectivity index (χ3v) is 6.69. The van der Waals surface area contributed by atoms with Gasteiger partial charge in [-0.25, -0.2) is 8.42 Å². The number of rotatable bonds is 6. The van der Waals surface area contributed by atoms with Gasteiger partial charge in [0.15, 0.2) is 9.84 Å². The third kappa shape index (κ3) is 4.98. The molecule has 0 aliphatic carbocycles. The molecule has 1 aliphatic heterocycles. The van der Waals surface area contributed by atoms with Crippen LogP contribution in [0.5, 0.6) is 0 Å².